The lowest BCUT2D eigenvalue weighted by atomic mass is 10.1. The minimum absolute atomic E-state index is 0.566. The van der Waals surface area contributed by atoms with Gasteiger partial charge in [0.25, 0.3) is 0 Å². The summed E-state index contributed by atoms with van der Waals surface area (Å²) in [6.07, 6.45) is 3.50. The van der Waals surface area contributed by atoms with Gasteiger partial charge in [0, 0.05) is 37.8 Å². The van der Waals surface area contributed by atoms with Crippen molar-refractivity contribution in [2.75, 3.05) is 14.2 Å². The Labute approximate surface area is 105 Å². The first-order valence-corrected chi connectivity index (χ1v) is 5.42. The third kappa shape index (κ3) is 2.15. The predicted octanol–water partition coefficient (Wildman–Crippen LogP) is 1.55. The van der Waals surface area contributed by atoms with Crippen molar-refractivity contribution in [3.63, 3.8) is 0 Å². The molecule has 2 heterocycles. The molecule has 0 aliphatic heterocycles. The molecule has 0 aliphatic rings. The smallest absolute Gasteiger partial charge is 0.213 e. The van der Waals surface area contributed by atoms with Crippen molar-refractivity contribution >= 4 is 6.72 Å². The average Bonchev–Trinajstić information content (AvgIpc) is 2.46. The highest BCUT2D eigenvalue weighted by Crippen LogP contribution is 2.18. The van der Waals surface area contributed by atoms with Crippen LogP contribution in [-0.4, -0.2) is 30.5 Å². The van der Waals surface area contributed by atoms with Gasteiger partial charge in [0.1, 0.15) is 0 Å². The van der Waals surface area contributed by atoms with Crippen LogP contribution in [0.4, 0.5) is 0 Å². The highest BCUT2D eigenvalue weighted by molar-refractivity contribution is 5.62. The minimum Gasteiger partial charge on any atom is -0.481 e. The Morgan fingerprint density at radius 2 is 2.22 bits per heavy atom. The molecule has 0 bridgehead atoms. The first kappa shape index (κ1) is 12.0. The Morgan fingerprint density at radius 3 is 2.89 bits per heavy atom. The third-order valence-electron chi connectivity index (χ3n) is 2.57. The van der Waals surface area contributed by atoms with Crippen molar-refractivity contribution in [1.29, 1.82) is 0 Å². The molecule has 5 heteroatoms. The second kappa shape index (κ2) is 5.27. The summed E-state index contributed by atoms with van der Waals surface area (Å²) in [6.45, 7) is 3.52. The molecule has 2 rings (SSSR count). The molecule has 92 valence electrons. The number of methoxy groups -OCH3 is 1. The summed E-state index contributed by atoms with van der Waals surface area (Å²) in [4.78, 5) is 8.33. The van der Waals surface area contributed by atoms with E-state index in [-0.39, 0.29) is 0 Å². The van der Waals surface area contributed by atoms with E-state index in [0.717, 1.165) is 16.6 Å². The molecule has 0 saturated heterocycles. The standard InChI is InChI=1S/C13H14N4O/c1-14-13-11(5-4-8-17(13)15-2)10-6-7-16-12(9-10)18-3/h4-9H,2H2,1,3H3. The second-order valence-electron chi connectivity index (χ2n) is 3.54. The van der Waals surface area contributed by atoms with Crippen molar-refractivity contribution in [3.8, 4) is 17.0 Å². The number of aromatic nitrogens is 2. The summed E-state index contributed by atoms with van der Waals surface area (Å²) in [7, 11) is 3.31. The van der Waals surface area contributed by atoms with Crippen LogP contribution in [0.5, 0.6) is 5.88 Å². The van der Waals surface area contributed by atoms with Crippen molar-refractivity contribution in [2.24, 2.45) is 10.1 Å². The summed E-state index contributed by atoms with van der Waals surface area (Å²) in [6, 6.07) is 7.63. The van der Waals surface area contributed by atoms with Crippen LogP contribution >= 0.6 is 0 Å². The predicted molar refractivity (Wildman–Crippen MR) is 70.6 cm³/mol. The molecule has 0 unspecified atom stereocenters. The quantitative estimate of drug-likeness (QED) is 0.767. The lowest BCUT2D eigenvalue weighted by Crippen LogP contribution is -2.18. The van der Waals surface area contributed by atoms with Gasteiger partial charge in [-0.25, -0.2) is 9.66 Å². The Morgan fingerprint density at radius 1 is 1.39 bits per heavy atom. The topological polar surface area (TPSA) is 51.8 Å². The van der Waals surface area contributed by atoms with Gasteiger partial charge in [0.2, 0.25) is 5.88 Å². The molecular formula is C13H14N4O. The molecule has 2 aromatic rings. The van der Waals surface area contributed by atoms with Gasteiger partial charge in [0.05, 0.1) is 7.11 Å². The van der Waals surface area contributed by atoms with Crippen molar-refractivity contribution in [1.82, 2.24) is 9.66 Å². The van der Waals surface area contributed by atoms with Crippen molar-refractivity contribution in [3.05, 3.63) is 42.1 Å². The van der Waals surface area contributed by atoms with Crippen LogP contribution in [0.15, 0.2) is 46.8 Å². The monoisotopic (exact) mass is 242 g/mol. The normalized spacial score (nSPS) is 11.3. The molecule has 18 heavy (non-hydrogen) atoms. The van der Waals surface area contributed by atoms with E-state index >= 15 is 0 Å². The molecule has 2 aromatic heterocycles. The molecule has 0 aromatic carbocycles. The molecule has 0 radical (unpaired) electrons. The van der Waals surface area contributed by atoms with Crippen LogP contribution in [0.25, 0.3) is 11.1 Å². The van der Waals surface area contributed by atoms with Crippen LogP contribution < -0.4 is 10.2 Å². The Balaban J connectivity index is 2.67. The molecular weight excluding hydrogens is 228 g/mol. The second-order valence-corrected chi connectivity index (χ2v) is 3.54. The van der Waals surface area contributed by atoms with Gasteiger partial charge in [0.15, 0.2) is 5.49 Å². The van der Waals surface area contributed by atoms with Crippen LogP contribution in [0, 0.1) is 0 Å². The summed E-state index contributed by atoms with van der Waals surface area (Å²) < 4.78 is 6.75. The van der Waals surface area contributed by atoms with E-state index in [2.05, 4.69) is 21.8 Å². The van der Waals surface area contributed by atoms with Gasteiger partial charge in [-0.05, 0) is 23.8 Å². The Bertz CT molecular complexity index is 631. The fourth-order valence-corrected chi connectivity index (χ4v) is 1.74. The number of hydrogen-bond donors (Lipinski definition) is 0. The highest BCUT2D eigenvalue weighted by Gasteiger charge is 2.04. The first-order chi connectivity index (χ1) is 8.80. The average molecular weight is 242 g/mol. The number of hydrogen-bond acceptors (Lipinski definition) is 4. The molecule has 0 N–H and O–H groups in total. The minimum atomic E-state index is 0.566. The summed E-state index contributed by atoms with van der Waals surface area (Å²) >= 11 is 0. The number of ether oxygens (including phenoxy) is 1. The van der Waals surface area contributed by atoms with Crippen LogP contribution in [-0.2, 0) is 0 Å². The maximum atomic E-state index is 5.12. The lowest BCUT2D eigenvalue weighted by molar-refractivity contribution is 0.398. The van der Waals surface area contributed by atoms with Crippen LogP contribution in [0.2, 0.25) is 0 Å². The van der Waals surface area contributed by atoms with E-state index in [0.29, 0.717) is 5.88 Å². The van der Waals surface area contributed by atoms with Crippen LogP contribution in [0.3, 0.4) is 0 Å². The van der Waals surface area contributed by atoms with Gasteiger partial charge >= 0.3 is 0 Å². The number of pyridine rings is 2. The summed E-state index contributed by atoms with van der Waals surface area (Å²) in [5.74, 6) is 0.566. The summed E-state index contributed by atoms with van der Waals surface area (Å²) in [5, 5.41) is 3.90. The fourth-order valence-electron chi connectivity index (χ4n) is 1.74. The van der Waals surface area contributed by atoms with Gasteiger partial charge in [-0.3, -0.25) is 4.99 Å². The van der Waals surface area contributed by atoms with Gasteiger partial charge in [-0.1, -0.05) is 0 Å². The number of nitrogens with zero attached hydrogens (tertiary/aromatic N) is 4. The molecule has 5 nitrogen and oxygen atoms in total. The molecule has 0 atom stereocenters. The Kier molecular flexibility index (Phi) is 3.52. The molecule has 0 amide bonds. The van der Waals surface area contributed by atoms with Crippen molar-refractivity contribution in [2.45, 2.75) is 0 Å². The molecule has 0 saturated carbocycles. The SMILES string of the molecule is C=Nn1cccc(-c2ccnc(OC)c2)c1=NC. The van der Waals surface area contributed by atoms with E-state index in [1.54, 1.807) is 31.2 Å². The third-order valence-corrected chi connectivity index (χ3v) is 2.57. The van der Waals surface area contributed by atoms with E-state index in [9.17, 15) is 0 Å². The van der Waals surface area contributed by atoms with E-state index in [1.165, 1.54) is 0 Å². The van der Waals surface area contributed by atoms with Gasteiger partial charge in [-0.2, -0.15) is 5.10 Å². The largest absolute Gasteiger partial charge is 0.481 e. The Hall–Kier alpha value is -2.43. The maximum absolute atomic E-state index is 5.12. The zero-order chi connectivity index (χ0) is 13.0. The lowest BCUT2D eigenvalue weighted by Gasteiger charge is -2.07. The fraction of sp³-hybridized carbons (Fsp3) is 0.154. The van der Waals surface area contributed by atoms with E-state index < -0.39 is 0 Å². The van der Waals surface area contributed by atoms with E-state index in [4.69, 9.17) is 4.74 Å². The highest BCUT2D eigenvalue weighted by atomic mass is 16.5. The van der Waals surface area contributed by atoms with Crippen molar-refractivity contribution < 1.29 is 4.74 Å². The van der Waals surface area contributed by atoms with E-state index in [1.807, 2.05) is 24.3 Å². The zero-order valence-corrected chi connectivity index (χ0v) is 10.4. The number of rotatable bonds is 3. The molecule has 0 fully saturated rings. The van der Waals surface area contributed by atoms with Gasteiger partial charge in [-0.15, -0.1) is 0 Å². The van der Waals surface area contributed by atoms with Crippen LogP contribution in [0.1, 0.15) is 0 Å². The molecule has 0 spiro atoms. The van der Waals surface area contributed by atoms with Gasteiger partial charge < -0.3 is 4.74 Å². The molecule has 0 aliphatic carbocycles. The zero-order valence-electron chi connectivity index (χ0n) is 10.4. The maximum Gasteiger partial charge on any atom is 0.213 e. The summed E-state index contributed by atoms with van der Waals surface area (Å²) in [5.41, 5.74) is 2.66. The first-order valence-electron chi connectivity index (χ1n) is 5.42.